The maximum atomic E-state index is 13.5. The molecule has 110 valence electrons. The molecule has 2 rings (SSSR count). The van der Waals surface area contributed by atoms with E-state index in [4.69, 9.17) is 10.5 Å². The number of methoxy groups -OCH3 is 1. The van der Waals surface area contributed by atoms with Crippen LogP contribution in [0.3, 0.4) is 0 Å². The highest BCUT2D eigenvalue weighted by Gasteiger charge is 2.13. The van der Waals surface area contributed by atoms with Gasteiger partial charge in [-0.05, 0) is 18.2 Å². The van der Waals surface area contributed by atoms with Crippen LogP contribution in [-0.4, -0.2) is 13.0 Å². The Morgan fingerprint density at radius 1 is 1.24 bits per heavy atom. The van der Waals surface area contributed by atoms with Crippen LogP contribution in [0.15, 0.2) is 36.4 Å². The number of ether oxygens (including phenoxy) is 1. The molecule has 0 heterocycles. The lowest BCUT2D eigenvalue weighted by Gasteiger charge is -2.10. The van der Waals surface area contributed by atoms with E-state index in [0.29, 0.717) is 11.4 Å². The highest BCUT2D eigenvalue weighted by molar-refractivity contribution is 5.97. The predicted molar refractivity (Wildman–Crippen MR) is 74.9 cm³/mol. The summed E-state index contributed by atoms with van der Waals surface area (Å²) in [5.41, 5.74) is 6.55. The number of hydrogen-bond acceptors (Lipinski definition) is 3. The predicted octanol–water partition coefficient (Wildman–Crippen LogP) is 2.49. The molecule has 2 aromatic carbocycles. The van der Waals surface area contributed by atoms with Crippen molar-refractivity contribution in [2.24, 2.45) is 0 Å². The van der Waals surface area contributed by atoms with Crippen LogP contribution in [0.5, 0.6) is 5.75 Å². The Hall–Kier alpha value is -2.63. The lowest BCUT2D eigenvalue weighted by atomic mass is 10.1. The number of halogens is 2. The van der Waals surface area contributed by atoms with Crippen LogP contribution in [0.1, 0.15) is 15.9 Å². The zero-order valence-electron chi connectivity index (χ0n) is 11.3. The van der Waals surface area contributed by atoms with E-state index < -0.39 is 17.5 Å². The Morgan fingerprint density at radius 2 is 2.00 bits per heavy atom. The van der Waals surface area contributed by atoms with Gasteiger partial charge in [0.05, 0.1) is 12.7 Å². The molecule has 0 saturated heterocycles. The molecule has 3 N–H and O–H groups in total. The molecular formula is C15H14F2N2O2. The minimum atomic E-state index is -0.709. The summed E-state index contributed by atoms with van der Waals surface area (Å²) in [5, 5.41) is 2.55. The standard InChI is InChI=1S/C15H14F2N2O2/c1-21-14-7-11(18)4-5-12(14)15(20)19-8-9-2-3-10(16)6-13(9)17/h2-7H,8,18H2,1H3,(H,19,20). The molecule has 0 spiro atoms. The summed E-state index contributed by atoms with van der Waals surface area (Å²) >= 11 is 0. The van der Waals surface area contributed by atoms with Gasteiger partial charge >= 0.3 is 0 Å². The molecule has 0 aromatic heterocycles. The van der Waals surface area contributed by atoms with E-state index in [1.54, 1.807) is 6.07 Å². The van der Waals surface area contributed by atoms with Crippen LogP contribution in [0.2, 0.25) is 0 Å². The van der Waals surface area contributed by atoms with Gasteiger partial charge in [-0.2, -0.15) is 0 Å². The number of hydrogen-bond donors (Lipinski definition) is 2. The van der Waals surface area contributed by atoms with Crippen LogP contribution in [0.4, 0.5) is 14.5 Å². The van der Waals surface area contributed by atoms with E-state index >= 15 is 0 Å². The van der Waals surface area contributed by atoms with Gasteiger partial charge in [-0.3, -0.25) is 4.79 Å². The minimum Gasteiger partial charge on any atom is -0.496 e. The second kappa shape index (κ2) is 6.21. The molecule has 6 heteroatoms. The number of benzene rings is 2. The highest BCUT2D eigenvalue weighted by Crippen LogP contribution is 2.21. The summed E-state index contributed by atoms with van der Waals surface area (Å²) in [6.45, 7) is -0.0571. The summed E-state index contributed by atoms with van der Waals surface area (Å²) in [7, 11) is 1.42. The summed E-state index contributed by atoms with van der Waals surface area (Å²) in [6, 6.07) is 7.79. The van der Waals surface area contributed by atoms with E-state index in [0.717, 1.165) is 12.1 Å². The molecule has 0 fully saturated rings. The van der Waals surface area contributed by atoms with Gasteiger partial charge in [0.25, 0.3) is 5.91 Å². The van der Waals surface area contributed by atoms with Gasteiger partial charge in [0.1, 0.15) is 17.4 Å². The van der Waals surface area contributed by atoms with Gasteiger partial charge < -0.3 is 15.8 Å². The quantitative estimate of drug-likeness (QED) is 0.851. The van der Waals surface area contributed by atoms with Crippen LogP contribution in [0.25, 0.3) is 0 Å². The third-order valence-electron chi connectivity index (χ3n) is 2.92. The van der Waals surface area contributed by atoms with Crippen LogP contribution in [0, 0.1) is 11.6 Å². The Kier molecular flexibility index (Phi) is 4.37. The van der Waals surface area contributed by atoms with E-state index in [1.807, 2.05) is 0 Å². The summed E-state index contributed by atoms with van der Waals surface area (Å²) in [6.07, 6.45) is 0. The molecule has 0 aliphatic heterocycles. The maximum absolute atomic E-state index is 13.5. The largest absolute Gasteiger partial charge is 0.496 e. The van der Waals surface area contributed by atoms with Crippen molar-refractivity contribution >= 4 is 11.6 Å². The monoisotopic (exact) mass is 292 g/mol. The van der Waals surface area contributed by atoms with Crippen molar-refractivity contribution in [3.05, 3.63) is 59.2 Å². The first-order chi connectivity index (χ1) is 10.0. The van der Waals surface area contributed by atoms with Gasteiger partial charge in [0, 0.05) is 29.9 Å². The SMILES string of the molecule is COc1cc(N)ccc1C(=O)NCc1ccc(F)cc1F. The smallest absolute Gasteiger partial charge is 0.255 e. The van der Waals surface area contributed by atoms with Crippen LogP contribution >= 0.6 is 0 Å². The molecule has 0 atom stereocenters. The normalized spacial score (nSPS) is 10.2. The van der Waals surface area contributed by atoms with Crippen molar-refractivity contribution in [3.63, 3.8) is 0 Å². The van der Waals surface area contributed by atoms with Gasteiger partial charge in [-0.15, -0.1) is 0 Å². The molecule has 2 aromatic rings. The number of nitrogens with two attached hydrogens (primary N) is 1. The molecule has 21 heavy (non-hydrogen) atoms. The number of anilines is 1. The molecule has 4 nitrogen and oxygen atoms in total. The van der Waals surface area contributed by atoms with Crippen LogP contribution < -0.4 is 15.8 Å². The number of rotatable bonds is 4. The molecule has 0 bridgehead atoms. The molecule has 1 amide bonds. The van der Waals surface area contributed by atoms with Gasteiger partial charge in [-0.25, -0.2) is 8.78 Å². The molecule has 0 unspecified atom stereocenters. The van der Waals surface area contributed by atoms with Crippen molar-refractivity contribution < 1.29 is 18.3 Å². The zero-order valence-corrected chi connectivity index (χ0v) is 11.3. The summed E-state index contributed by atoms with van der Waals surface area (Å²) < 4.78 is 31.3. The van der Waals surface area contributed by atoms with E-state index in [9.17, 15) is 13.6 Å². The highest BCUT2D eigenvalue weighted by atomic mass is 19.1. The number of nitrogens with one attached hydrogen (secondary N) is 1. The van der Waals surface area contributed by atoms with Gasteiger partial charge in [-0.1, -0.05) is 6.07 Å². The van der Waals surface area contributed by atoms with Crippen LogP contribution in [-0.2, 0) is 6.54 Å². The van der Waals surface area contributed by atoms with Crippen molar-refractivity contribution in [2.75, 3.05) is 12.8 Å². The third kappa shape index (κ3) is 3.47. The van der Waals surface area contributed by atoms with E-state index in [-0.39, 0.29) is 17.7 Å². The van der Waals surface area contributed by atoms with E-state index in [1.165, 1.54) is 25.3 Å². The maximum Gasteiger partial charge on any atom is 0.255 e. The van der Waals surface area contributed by atoms with Gasteiger partial charge in [0.2, 0.25) is 0 Å². The fraction of sp³-hybridized carbons (Fsp3) is 0.133. The Bertz CT molecular complexity index is 675. The van der Waals surface area contributed by atoms with Crippen molar-refractivity contribution in [3.8, 4) is 5.75 Å². The Labute approximate surface area is 120 Å². The third-order valence-corrected chi connectivity index (χ3v) is 2.92. The zero-order chi connectivity index (χ0) is 15.4. The fourth-order valence-corrected chi connectivity index (χ4v) is 1.83. The Balaban J connectivity index is 2.11. The summed E-state index contributed by atoms with van der Waals surface area (Å²) in [5.74, 6) is -1.48. The number of carbonyl (C=O) groups is 1. The molecule has 0 aliphatic carbocycles. The topological polar surface area (TPSA) is 64.3 Å². The van der Waals surface area contributed by atoms with Gasteiger partial charge in [0.15, 0.2) is 0 Å². The number of nitrogen functional groups attached to an aromatic ring is 1. The van der Waals surface area contributed by atoms with Crippen molar-refractivity contribution in [1.29, 1.82) is 0 Å². The summed E-state index contributed by atoms with van der Waals surface area (Å²) in [4.78, 5) is 12.1. The average Bonchev–Trinajstić information content (AvgIpc) is 2.45. The average molecular weight is 292 g/mol. The molecular weight excluding hydrogens is 278 g/mol. The second-order valence-corrected chi connectivity index (χ2v) is 4.38. The number of carbonyl (C=O) groups excluding carboxylic acids is 1. The van der Waals surface area contributed by atoms with E-state index in [2.05, 4.69) is 5.32 Å². The van der Waals surface area contributed by atoms with Crippen molar-refractivity contribution in [1.82, 2.24) is 5.32 Å². The molecule has 0 radical (unpaired) electrons. The minimum absolute atomic E-state index is 0.0571. The number of amides is 1. The molecule has 0 saturated carbocycles. The molecule has 0 aliphatic rings. The lowest BCUT2D eigenvalue weighted by molar-refractivity contribution is 0.0947. The first kappa shape index (κ1) is 14.8. The fourth-order valence-electron chi connectivity index (χ4n) is 1.83. The second-order valence-electron chi connectivity index (χ2n) is 4.38. The first-order valence-corrected chi connectivity index (χ1v) is 6.17. The Morgan fingerprint density at radius 3 is 2.67 bits per heavy atom. The first-order valence-electron chi connectivity index (χ1n) is 6.17. The lowest BCUT2D eigenvalue weighted by Crippen LogP contribution is -2.24. The van der Waals surface area contributed by atoms with Crippen molar-refractivity contribution in [2.45, 2.75) is 6.54 Å².